The number of nitrogens with zero attached hydrogens (tertiary/aromatic N) is 1. The number of benzene rings is 1. The van der Waals surface area contributed by atoms with Gasteiger partial charge in [-0.25, -0.2) is 0 Å². The van der Waals surface area contributed by atoms with E-state index in [1.54, 1.807) is 0 Å². The fourth-order valence-corrected chi connectivity index (χ4v) is 3.50. The lowest BCUT2D eigenvalue weighted by Gasteiger charge is -2.27. The van der Waals surface area contributed by atoms with Gasteiger partial charge in [0.15, 0.2) is 0 Å². The van der Waals surface area contributed by atoms with Gasteiger partial charge in [-0.05, 0) is 50.7 Å². The second-order valence-corrected chi connectivity index (χ2v) is 6.97. The van der Waals surface area contributed by atoms with E-state index in [1.807, 2.05) is 30.3 Å². The fourth-order valence-electron chi connectivity index (χ4n) is 3.50. The van der Waals surface area contributed by atoms with Crippen molar-refractivity contribution in [3.8, 4) is 0 Å². The van der Waals surface area contributed by atoms with Crippen molar-refractivity contribution in [1.29, 1.82) is 0 Å². The largest absolute Gasteiger partial charge is 0.349 e. The van der Waals surface area contributed by atoms with Crippen LogP contribution in [0, 0.1) is 0 Å². The molecule has 1 aromatic heterocycles. The summed E-state index contributed by atoms with van der Waals surface area (Å²) in [5, 5.41) is 4.16. The molecule has 3 N–H and O–H groups in total. The zero-order valence-corrected chi connectivity index (χ0v) is 13.3. The van der Waals surface area contributed by atoms with E-state index in [9.17, 15) is 4.79 Å². The molecular weight excluding hydrogens is 286 g/mol. The summed E-state index contributed by atoms with van der Waals surface area (Å²) in [5.74, 6) is 0.574. The van der Waals surface area contributed by atoms with E-state index in [1.165, 1.54) is 12.8 Å². The van der Waals surface area contributed by atoms with E-state index >= 15 is 0 Å². The second kappa shape index (κ2) is 5.93. The van der Waals surface area contributed by atoms with E-state index < -0.39 is 0 Å². The van der Waals surface area contributed by atoms with Crippen LogP contribution >= 0.6 is 0 Å². The van der Waals surface area contributed by atoms with Crippen molar-refractivity contribution in [3.05, 3.63) is 41.6 Å². The number of nitrogens with two attached hydrogens (primary N) is 1. The van der Waals surface area contributed by atoms with Crippen molar-refractivity contribution in [3.63, 3.8) is 0 Å². The van der Waals surface area contributed by atoms with E-state index in [2.05, 4.69) is 5.32 Å². The third kappa shape index (κ3) is 3.08. The number of hydrogen-bond donors (Lipinski definition) is 2. The minimum Gasteiger partial charge on any atom is -0.349 e. The Kier molecular flexibility index (Phi) is 3.77. The van der Waals surface area contributed by atoms with Gasteiger partial charge in [0, 0.05) is 29.1 Å². The van der Waals surface area contributed by atoms with E-state index in [0.29, 0.717) is 12.0 Å². The molecule has 0 unspecified atom stereocenters. The van der Waals surface area contributed by atoms with Gasteiger partial charge in [0.1, 0.15) is 0 Å². The highest BCUT2D eigenvalue weighted by atomic mass is 16.1. The maximum absolute atomic E-state index is 12.8. The normalized spacial score (nSPS) is 24.6. The van der Waals surface area contributed by atoms with Gasteiger partial charge in [-0.3, -0.25) is 9.78 Å². The average Bonchev–Trinajstić information content (AvgIpc) is 3.41. The number of carbonyl (C=O) groups is 1. The molecule has 0 bridgehead atoms. The lowest BCUT2D eigenvalue weighted by atomic mass is 9.91. The van der Waals surface area contributed by atoms with Crippen molar-refractivity contribution in [2.45, 2.75) is 56.5 Å². The smallest absolute Gasteiger partial charge is 0.252 e. The molecule has 4 rings (SSSR count). The number of amides is 1. The highest BCUT2D eigenvalue weighted by molar-refractivity contribution is 6.06. The Bertz CT molecular complexity index is 730. The fraction of sp³-hybridized carbons (Fsp3) is 0.474. The quantitative estimate of drug-likeness (QED) is 0.915. The van der Waals surface area contributed by atoms with Gasteiger partial charge in [-0.2, -0.15) is 0 Å². The first-order chi connectivity index (χ1) is 11.2. The molecule has 0 saturated heterocycles. The van der Waals surface area contributed by atoms with Gasteiger partial charge in [-0.1, -0.05) is 18.2 Å². The van der Waals surface area contributed by atoms with Crippen molar-refractivity contribution in [2.75, 3.05) is 0 Å². The van der Waals surface area contributed by atoms with Gasteiger partial charge in [0.2, 0.25) is 0 Å². The first-order valence-electron chi connectivity index (χ1n) is 8.67. The molecule has 4 nitrogen and oxygen atoms in total. The Balaban J connectivity index is 1.62. The molecule has 23 heavy (non-hydrogen) atoms. The van der Waals surface area contributed by atoms with Gasteiger partial charge in [0.05, 0.1) is 11.1 Å². The molecule has 2 saturated carbocycles. The molecule has 4 heteroatoms. The Morgan fingerprint density at radius 1 is 1.09 bits per heavy atom. The number of pyridine rings is 1. The SMILES string of the molecule is NC1CCC(NC(=O)c2cc(C3CC3)nc3ccccc23)CC1. The molecule has 2 aromatic rings. The van der Waals surface area contributed by atoms with Gasteiger partial charge < -0.3 is 11.1 Å². The Morgan fingerprint density at radius 2 is 1.83 bits per heavy atom. The number of nitrogens with one attached hydrogen (secondary N) is 1. The standard InChI is InChI=1S/C19H23N3O/c20-13-7-9-14(10-8-13)21-19(23)16-11-18(12-5-6-12)22-17-4-2-1-3-15(16)17/h1-4,11-14H,5-10,20H2,(H,21,23). The van der Waals surface area contributed by atoms with Gasteiger partial charge >= 0.3 is 0 Å². The molecule has 0 spiro atoms. The van der Waals surface area contributed by atoms with Crippen LogP contribution in [-0.4, -0.2) is 23.0 Å². The number of fused-ring (bicyclic) bond motifs is 1. The van der Waals surface area contributed by atoms with Gasteiger partial charge in [-0.15, -0.1) is 0 Å². The molecule has 2 aliphatic carbocycles. The van der Waals surface area contributed by atoms with Crippen LogP contribution in [0.1, 0.15) is 60.5 Å². The van der Waals surface area contributed by atoms with Crippen LogP contribution in [-0.2, 0) is 0 Å². The summed E-state index contributed by atoms with van der Waals surface area (Å²) in [7, 11) is 0. The molecule has 0 atom stereocenters. The minimum absolute atomic E-state index is 0.0333. The number of rotatable bonds is 3. The maximum Gasteiger partial charge on any atom is 0.252 e. The third-order valence-electron chi connectivity index (χ3n) is 5.08. The van der Waals surface area contributed by atoms with E-state index in [0.717, 1.165) is 47.8 Å². The second-order valence-electron chi connectivity index (χ2n) is 6.97. The maximum atomic E-state index is 12.8. The average molecular weight is 309 g/mol. The Labute approximate surface area is 136 Å². The predicted molar refractivity (Wildman–Crippen MR) is 91.4 cm³/mol. The monoisotopic (exact) mass is 309 g/mol. The van der Waals surface area contributed by atoms with Crippen LogP contribution in [0.25, 0.3) is 10.9 Å². The number of para-hydroxylation sites is 1. The molecule has 1 amide bonds. The summed E-state index contributed by atoms with van der Waals surface area (Å²) < 4.78 is 0. The predicted octanol–water partition coefficient (Wildman–Crippen LogP) is 3.11. The molecule has 0 radical (unpaired) electrons. The lowest BCUT2D eigenvalue weighted by Crippen LogP contribution is -2.40. The van der Waals surface area contributed by atoms with Crippen molar-refractivity contribution >= 4 is 16.8 Å². The van der Waals surface area contributed by atoms with Crippen molar-refractivity contribution in [2.24, 2.45) is 5.73 Å². The summed E-state index contributed by atoms with van der Waals surface area (Å²) in [6.07, 6.45) is 6.32. The topological polar surface area (TPSA) is 68.0 Å². The summed E-state index contributed by atoms with van der Waals surface area (Å²) in [6.45, 7) is 0. The molecule has 2 aliphatic rings. The van der Waals surface area contributed by atoms with Crippen LogP contribution in [0.4, 0.5) is 0 Å². The molecular formula is C19H23N3O. The summed E-state index contributed by atoms with van der Waals surface area (Å²) in [5.41, 5.74) is 8.72. The number of aromatic nitrogens is 1. The van der Waals surface area contributed by atoms with Crippen LogP contribution in [0.5, 0.6) is 0 Å². The summed E-state index contributed by atoms with van der Waals surface area (Å²) in [6, 6.07) is 10.5. The van der Waals surface area contributed by atoms with Crippen LogP contribution in [0.15, 0.2) is 30.3 Å². The highest BCUT2D eigenvalue weighted by Gasteiger charge is 2.27. The first kappa shape index (κ1) is 14.6. The van der Waals surface area contributed by atoms with E-state index in [4.69, 9.17) is 10.7 Å². The van der Waals surface area contributed by atoms with Crippen LogP contribution in [0.3, 0.4) is 0 Å². The summed E-state index contributed by atoms with van der Waals surface area (Å²) >= 11 is 0. The van der Waals surface area contributed by atoms with E-state index in [-0.39, 0.29) is 11.9 Å². The van der Waals surface area contributed by atoms with Crippen molar-refractivity contribution in [1.82, 2.24) is 10.3 Å². The lowest BCUT2D eigenvalue weighted by molar-refractivity contribution is 0.0927. The molecule has 0 aliphatic heterocycles. The van der Waals surface area contributed by atoms with Gasteiger partial charge in [0.25, 0.3) is 5.91 Å². The highest BCUT2D eigenvalue weighted by Crippen LogP contribution is 2.40. The number of carbonyl (C=O) groups excluding carboxylic acids is 1. The number of hydrogen-bond acceptors (Lipinski definition) is 3. The zero-order valence-electron chi connectivity index (χ0n) is 13.3. The summed E-state index contributed by atoms with van der Waals surface area (Å²) in [4.78, 5) is 17.6. The minimum atomic E-state index is 0.0333. The van der Waals surface area contributed by atoms with Crippen LogP contribution in [0.2, 0.25) is 0 Å². The van der Waals surface area contributed by atoms with Crippen molar-refractivity contribution < 1.29 is 4.79 Å². The Morgan fingerprint density at radius 3 is 2.57 bits per heavy atom. The first-order valence-corrected chi connectivity index (χ1v) is 8.67. The van der Waals surface area contributed by atoms with Crippen LogP contribution < -0.4 is 11.1 Å². The zero-order chi connectivity index (χ0) is 15.8. The molecule has 120 valence electrons. The molecule has 1 heterocycles. The third-order valence-corrected chi connectivity index (χ3v) is 5.08. The molecule has 1 aromatic carbocycles. The molecule has 2 fully saturated rings. The Hall–Kier alpha value is -1.94.